The third-order valence-corrected chi connectivity index (χ3v) is 4.25. The van der Waals surface area contributed by atoms with Crippen molar-refractivity contribution < 1.29 is 4.79 Å². The number of piperidine rings is 1. The van der Waals surface area contributed by atoms with Crippen LogP contribution < -0.4 is 5.32 Å². The minimum Gasteiger partial charge on any atom is -0.316 e. The molecule has 0 bridgehead atoms. The number of aromatic nitrogens is 3. The summed E-state index contributed by atoms with van der Waals surface area (Å²) in [6, 6.07) is 2.09. The molecule has 1 aliphatic rings. The Hall–Kier alpha value is -1.40. The predicted molar refractivity (Wildman–Crippen MR) is 75.0 cm³/mol. The smallest absolute Gasteiger partial charge is 0.167 e. The molecule has 1 fully saturated rings. The van der Waals surface area contributed by atoms with Gasteiger partial charge in [0.15, 0.2) is 11.9 Å². The average Bonchev–Trinajstić information content (AvgIpc) is 2.90. The number of rotatable bonds is 3. The van der Waals surface area contributed by atoms with Gasteiger partial charge in [0.25, 0.3) is 0 Å². The summed E-state index contributed by atoms with van der Waals surface area (Å²) >= 11 is 1.62. The van der Waals surface area contributed by atoms with Crippen LogP contribution in [0.15, 0.2) is 17.3 Å². The van der Waals surface area contributed by atoms with E-state index in [1.165, 1.54) is 6.42 Å². The third kappa shape index (κ3) is 2.26. The van der Waals surface area contributed by atoms with Crippen LogP contribution in [0.5, 0.6) is 0 Å². The molecule has 0 amide bonds. The fourth-order valence-corrected chi connectivity index (χ4v) is 3.06. The lowest BCUT2D eigenvalue weighted by atomic mass is 9.96. The highest BCUT2D eigenvalue weighted by molar-refractivity contribution is 7.98. The summed E-state index contributed by atoms with van der Waals surface area (Å²) in [6.07, 6.45) is 6.74. The number of thioether (sulfide) groups is 1. The van der Waals surface area contributed by atoms with Gasteiger partial charge in [0, 0.05) is 18.2 Å². The minimum absolute atomic E-state index is 0.430. The molecule has 1 N–H and O–H groups in total. The summed E-state index contributed by atoms with van der Waals surface area (Å²) in [5, 5.41) is 8.66. The van der Waals surface area contributed by atoms with Crippen LogP contribution in [-0.2, 0) is 0 Å². The molecule has 1 aliphatic heterocycles. The summed E-state index contributed by atoms with van der Waals surface area (Å²) in [6.45, 7) is 2.04. The Bertz CT molecular complexity index is 604. The molecule has 5 nitrogen and oxygen atoms in total. The van der Waals surface area contributed by atoms with E-state index in [1.54, 1.807) is 22.5 Å². The van der Waals surface area contributed by atoms with Crippen LogP contribution >= 0.6 is 11.8 Å². The first-order chi connectivity index (χ1) is 9.33. The minimum atomic E-state index is 0.430. The first kappa shape index (κ1) is 12.6. The maximum atomic E-state index is 11.1. The van der Waals surface area contributed by atoms with E-state index in [4.69, 9.17) is 0 Å². The van der Waals surface area contributed by atoms with Crippen LogP contribution in [0, 0.1) is 0 Å². The van der Waals surface area contributed by atoms with E-state index < -0.39 is 0 Å². The fraction of sp³-hybridized carbons (Fsp3) is 0.462. The zero-order chi connectivity index (χ0) is 13.2. The maximum absolute atomic E-state index is 11.1. The number of hydrogen-bond acceptors (Lipinski definition) is 5. The largest absolute Gasteiger partial charge is 0.316 e. The molecular weight excluding hydrogens is 260 g/mol. The van der Waals surface area contributed by atoms with Gasteiger partial charge in [-0.2, -0.15) is 5.10 Å². The Morgan fingerprint density at radius 1 is 1.58 bits per heavy atom. The second-order valence-corrected chi connectivity index (χ2v) is 5.55. The van der Waals surface area contributed by atoms with Crippen LogP contribution in [0.25, 0.3) is 5.65 Å². The lowest BCUT2D eigenvalue weighted by Gasteiger charge is -2.22. The van der Waals surface area contributed by atoms with Gasteiger partial charge in [-0.25, -0.2) is 9.50 Å². The van der Waals surface area contributed by atoms with E-state index in [2.05, 4.69) is 21.5 Å². The van der Waals surface area contributed by atoms with E-state index in [0.29, 0.717) is 17.1 Å². The normalized spacial score (nSPS) is 19.7. The van der Waals surface area contributed by atoms with Gasteiger partial charge in [0.05, 0.1) is 11.8 Å². The van der Waals surface area contributed by atoms with Crippen LogP contribution in [0.4, 0.5) is 0 Å². The highest BCUT2D eigenvalue weighted by Crippen LogP contribution is 2.26. The molecule has 2 aromatic rings. The van der Waals surface area contributed by atoms with Crippen molar-refractivity contribution in [2.75, 3.05) is 19.3 Å². The highest BCUT2D eigenvalue weighted by atomic mass is 32.2. The Morgan fingerprint density at radius 3 is 3.16 bits per heavy atom. The standard InChI is InChI=1S/C13H16N4OS/c1-19-12-5-11(9-3-2-4-14-6-9)16-13-10(8-18)7-15-17(12)13/h5,7-9,14H,2-4,6H2,1H3. The summed E-state index contributed by atoms with van der Waals surface area (Å²) in [4.78, 5) is 15.7. The lowest BCUT2D eigenvalue weighted by Crippen LogP contribution is -2.29. The Balaban J connectivity index is 2.11. The van der Waals surface area contributed by atoms with E-state index in [0.717, 1.165) is 36.5 Å². The van der Waals surface area contributed by atoms with Gasteiger partial charge in [0.1, 0.15) is 5.03 Å². The summed E-state index contributed by atoms with van der Waals surface area (Å²) in [5.74, 6) is 0.430. The molecule has 0 aliphatic carbocycles. The van der Waals surface area contributed by atoms with Crippen molar-refractivity contribution in [2.24, 2.45) is 0 Å². The number of aldehydes is 1. The van der Waals surface area contributed by atoms with Gasteiger partial charge in [-0.15, -0.1) is 11.8 Å². The van der Waals surface area contributed by atoms with Crippen molar-refractivity contribution >= 4 is 23.7 Å². The average molecular weight is 276 g/mol. The van der Waals surface area contributed by atoms with Gasteiger partial charge < -0.3 is 5.32 Å². The molecule has 100 valence electrons. The Kier molecular flexibility index (Phi) is 3.52. The first-order valence-corrected chi connectivity index (χ1v) is 7.64. The third-order valence-electron chi connectivity index (χ3n) is 3.54. The molecule has 0 spiro atoms. The van der Waals surface area contributed by atoms with Crippen molar-refractivity contribution in [1.82, 2.24) is 19.9 Å². The van der Waals surface area contributed by atoms with Crippen molar-refractivity contribution in [3.63, 3.8) is 0 Å². The number of carbonyl (C=O) groups excluding carboxylic acids is 1. The zero-order valence-corrected chi connectivity index (χ0v) is 11.6. The predicted octanol–water partition coefficient (Wildman–Crippen LogP) is 1.73. The van der Waals surface area contributed by atoms with Crippen LogP contribution in [-0.4, -0.2) is 40.2 Å². The topological polar surface area (TPSA) is 59.3 Å². The number of carbonyl (C=O) groups is 1. The summed E-state index contributed by atoms with van der Waals surface area (Å²) in [5.41, 5.74) is 2.29. The molecule has 1 unspecified atom stereocenters. The number of nitrogens with one attached hydrogen (secondary N) is 1. The first-order valence-electron chi connectivity index (χ1n) is 6.42. The fourth-order valence-electron chi connectivity index (χ4n) is 2.51. The van der Waals surface area contributed by atoms with Crippen molar-refractivity contribution in [3.8, 4) is 0 Å². The molecule has 2 aromatic heterocycles. The number of hydrogen-bond donors (Lipinski definition) is 1. The van der Waals surface area contributed by atoms with Crippen molar-refractivity contribution in [1.29, 1.82) is 0 Å². The molecule has 3 heterocycles. The van der Waals surface area contributed by atoms with E-state index >= 15 is 0 Å². The van der Waals surface area contributed by atoms with E-state index in [9.17, 15) is 4.79 Å². The Morgan fingerprint density at radius 2 is 2.47 bits per heavy atom. The second kappa shape index (κ2) is 5.30. The molecule has 1 saturated heterocycles. The number of fused-ring (bicyclic) bond motifs is 1. The van der Waals surface area contributed by atoms with Gasteiger partial charge in [-0.3, -0.25) is 4.79 Å². The molecule has 0 aromatic carbocycles. The van der Waals surface area contributed by atoms with Crippen LogP contribution in [0.3, 0.4) is 0 Å². The quantitative estimate of drug-likeness (QED) is 0.525. The monoisotopic (exact) mass is 276 g/mol. The molecule has 0 radical (unpaired) electrons. The van der Waals surface area contributed by atoms with Gasteiger partial charge in [-0.1, -0.05) is 0 Å². The van der Waals surface area contributed by atoms with Crippen molar-refractivity contribution in [2.45, 2.75) is 23.8 Å². The SMILES string of the molecule is CSc1cc(C2CCCNC2)nc2c(C=O)cnn12. The Labute approximate surface area is 115 Å². The van der Waals surface area contributed by atoms with E-state index in [-0.39, 0.29) is 0 Å². The zero-order valence-electron chi connectivity index (χ0n) is 10.8. The molecule has 6 heteroatoms. The molecule has 3 rings (SSSR count). The summed E-state index contributed by atoms with van der Waals surface area (Å²) in [7, 11) is 0. The van der Waals surface area contributed by atoms with Crippen LogP contribution in [0.1, 0.15) is 34.8 Å². The highest BCUT2D eigenvalue weighted by Gasteiger charge is 2.19. The molecule has 1 atom stereocenters. The van der Waals surface area contributed by atoms with E-state index in [1.807, 2.05) is 6.26 Å². The molecular formula is C13H16N4OS. The van der Waals surface area contributed by atoms with Gasteiger partial charge >= 0.3 is 0 Å². The summed E-state index contributed by atoms with van der Waals surface area (Å²) < 4.78 is 1.74. The van der Waals surface area contributed by atoms with Crippen molar-refractivity contribution in [3.05, 3.63) is 23.5 Å². The maximum Gasteiger partial charge on any atom is 0.167 e. The molecule has 19 heavy (non-hydrogen) atoms. The van der Waals surface area contributed by atoms with Gasteiger partial charge in [-0.05, 0) is 31.7 Å². The number of nitrogens with zero attached hydrogens (tertiary/aromatic N) is 3. The van der Waals surface area contributed by atoms with Crippen LogP contribution in [0.2, 0.25) is 0 Å². The second-order valence-electron chi connectivity index (χ2n) is 4.72. The van der Waals surface area contributed by atoms with Gasteiger partial charge in [0.2, 0.25) is 0 Å². The lowest BCUT2D eigenvalue weighted by molar-refractivity contribution is 0.112. The molecule has 0 saturated carbocycles.